The molecule has 0 aliphatic carbocycles. The molecular weight excluding hydrogens is 466 g/mol. The minimum atomic E-state index is 1.20. The minimum Gasteiger partial charge on any atom is -0.309 e. The second-order valence-electron chi connectivity index (χ2n) is 9.93. The maximum Gasteiger partial charge on any atom is 0.0541 e. The van der Waals surface area contributed by atoms with Crippen LogP contribution in [0.2, 0.25) is 0 Å². The fourth-order valence-corrected chi connectivity index (χ4v) is 6.91. The first-order chi connectivity index (χ1) is 18.2. The van der Waals surface area contributed by atoms with E-state index in [9.17, 15) is 0 Å². The molecule has 6 aromatic carbocycles. The molecule has 0 spiro atoms. The molecule has 0 atom stereocenters. The van der Waals surface area contributed by atoms with Crippen LogP contribution >= 0.6 is 11.3 Å². The molecule has 8 aromatic rings. The van der Waals surface area contributed by atoms with Crippen molar-refractivity contribution in [3.8, 4) is 16.8 Å². The maximum absolute atomic E-state index is 2.41. The Kier molecular flexibility index (Phi) is 4.37. The van der Waals surface area contributed by atoms with Crippen molar-refractivity contribution in [3.05, 3.63) is 127 Å². The molecule has 0 N–H and O–H groups in total. The van der Waals surface area contributed by atoms with E-state index >= 15 is 0 Å². The average Bonchev–Trinajstić information content (AvgIpc) is 3.48. The highest BCUT2D eigenvalue weighted by Gasteiger charge is 2.14. The van der Waals surface area contributed by atoms with Crippen molar-refractivity contribution in [2.75, 3.05) is 0 Å². The smallest absolute Gasteiger partial charge is 0.0541 e. The number of thiophene rings is 1. The van der Waals surface area contributed by atoms with Crippen molar-refractivity contribution in [2.24, 2.45) is 0 Å². The van der Waals surface area contributed by atoms with Gasteiger partial charge in [0.2, 0.25) is 0 Å². The minimum absolute atomic E-state index is 1.20. The lowest BCUT2D eigenvalue weighted by Gasteiger charge is -2.10. The van der Waals surface area contributed by atoms with Gasteiger partial charge < -0.3 is 4.57 Å². The number of rotatable bonds is 2. The number of aryl methyl sites for hydroxylation is 1. The number of benzene rings is 6. The third kappa shape index (κ3) is 3.16. The molecular formula is C35H23NS. The van der Waals surface area contributed by atoms with Gasteiger partial charge in [-0.25, -0.2) is 0 Å². The Morgan fingerprint density at radius 1 is 0.486 bits per heavy atom. The first-order valence-corrected chi connectivity index (χ1v) is 13.5. The lowest BCUT2D eigenvalue weighted by Crippen LogP contribution is -1.93. The van der Waals surface area contributed by atoms with E-state index in [0.717, 1.165) is 0 Å². The van der Waals surface area contributed by atoms with Crippen LogP contribution in [0.1, 0.15) is 5.56 Å². The number of fused-ring (bicyclic) bond motifs is 7. The van der Waals surface area contributed by atoms with E-state index < -0.39 is 0 Å². The second-order valence-corrected chi connectivity index (χ2v) is 11.0. The summed E-state index contributed by atoms with van der Waals surface area (Å²) in [6.07, 6.45) is 0. The number of hydrogen-bond acceptors (Lipinski definition) is 1. The Balaban J connectivity index is 1.35. The largest absolute Gasteiger partial charge is 0.309 e. The Bertz CT molecular complexity index is 2160. The molecule has 0 saturated heterocycles. The van der Waals surface area contributed by atoms with Gasteiger partial charge in [0, 0.05) is 36.6 Å². The second kappa shape index (κ2) is 7.80. The summed E-state index contributed by atoms with van der Waals surface area (Å²) in [4.78, 5) is 0. The highest BCUT2D eigenvalue weighted by Crippen LogP contribution is 2.39. The van der Waals surface area contributed by atoms with Crippen molar-refractivity contribution in [1.29, 1.82) is 0 Å². The molecule has 1 nitrogen and oxygen atoms in total. The molecule has 8 rings (SSSR count). The van der Waals surface area contributed by atoms with Gasteiger partial charge in [-0.1, -0.05) is 78.4 Å². The standard InChI is InChI=1S/C35H23NS/c1-22-10-11-24-19-27(15-12-23(24)18-22)36-32-8-4-2-6-28(32)30-20-25(13-16-33(30)36)26-14-17-35-31(21-26)29-7-3-5-9-34(29)37-35/h2-21H,1H3. The Hall–Kier alpha value is -4.40. The maximum atomic E-state index is 2.41. The molecule has 0 unspecified atom stereocenters. The SMILES string of the molecule is Cc1ccc2cc(-n3c4ccccc4c4cc(-c5ccc6sc7ccccc7c6c5)ccc43)ccc2c1. The Morgan fingerprint density at radius 2 is 1.16 bits per heavy atom. The van der Waals surface area contributed by atoms with Gasteiger partial charge in [-0.3, -0.25) is 0 Å². The van der Waals surface area contributed by atoms with E-state index in [4.69, 9.17) is 0 Å². The van der Waals surface area contributed by atoms with Gasteiger partial charge in [-0.2, -0.15) is 0 Å². The van der Waals surface area contributed by atoms with E-state index in [0.29, 0.717) is 0 Å². The van der Waals surface area contributed by atoms with Crippen LogP contribution in [0.4, 0.5) is 0 Å². The highest BCUT2D eigenvalue weighted by atomic mass is 32.1. The Labute approximate surface area is 218 Å². The van der Waals surface area contributed by atoms with Gasteiger partial charge in [0.05, 0.1) is 11.0 Å². The zero-order chi connectivity index (χ0) is 24.5. The summed E-state index contributed by atoms with van der Waals surface area (Å²) in [5, 5.41) is 7.79. The third-order valence-electron chi connectivity index (χ3n) is 7.62. The van der Waals surface area contributed by atoms with Gasteiger partial charge in [0.25, 0.3) is 0 Å². The third-order valence-corrected chi connectivity index (χ3v) is 8.77. The summed E-state index contributed by atoms with van der Waals surface area (Å²) >= 11 is 1.87. The van der Waals surface area contributed by atoms with Crippen molar-refractivity contribution >= 4 is 64.1 Å². The topological polar surface area (TPSA) is 4.93 Å². The quantitative estimate of drug-likeness (QED) is 0.228. The predicted molar refractivity (Wildman–Crippen MR) is 161 cm³/mol. The van der Waals surface area contributed by atoms with E-state index in [-0.39, 0.29) is 0 Å². The molecule has 2 heterocycles. The summed E-state index contributed by atoms with van der Waals surface area (Å²) in [7, 11) is 0. The summed E-state index contributed by atoms with van der Waals surface area (Å²) in [6.45, 7) is 2.15. The van der Waals surface area contributed by atoms with Crippen LogP contribution in [0.3, 0.4) is 0 Å². The van der Waals surface area contributed by atoms with Gasteiger partial charge in [-0.15, -0.1) is 11.3 Å². The van der Waals surface area contributed by atoms with Crippen molar-refractivity contribution < 1.29 is 0 Å². The highest BCUT2D eigenvalue weighted by molar-refractivity contribution is 7.25. The number of nitrogens with zero attached hydrogens (tertiary/aromatic N) is 1. The number of hydrogen-bond donors (Lipinski definition) is 0. The normalized spacial score (nSPS) is 11.9. The lowest BCUT2D eigenvalue weighted by molar-refractivity contribution is 1.19. The van der Waals surface area contributed by atoms with Crippen LogP contribution in [-0.4, -0.2) is 4.57 Å². The zero-order valence-corrected chi connectivity index (χ0v) is 21.2. The fourth-order valence-electron chi connectivity index (χ4n) is 5.83. The molecule has 0 aliphatic rings. The first-order valence-electron chi connectivity index (χ1n) is 12.7. The van der Waals surface area contributed by atoms with Crippen molar-refractivity contribution in [2.45, 2.75) is 6.92 Å². The van der Waals surface area contributed by atoms with Gasteiger partial charge in [0.15, 0.2) is 0 Å². The van der Waals surface area contributed by atoms with Gasteiger partial charge in [0.1, 0.15) is 0 Å². The van der Waals surface area contributed by atoms with E-state index in [2.05, 4.69) is 133 Å². The summed E-state index contributed by atoms with van der Waals surface area (Å²) in [5.74, 6) is 0. The lowest BCUT2D eigenvalue weighted by atomic mass is 10.0. The van der Waals surface area contributed by atoms with Crippen molar-refractivity contribution in [1.82, 2.24) is 4.57 Å². The molecule has 2 aromatic heterocycles. The van der Waals surface area contributed by atoms with Crippen LogP contribution in [0.15, 0.2) is 121 Å². The molecule has 37 heavy (non-hydrogen) atoms. The van der Waals surface area contributed by atoms with Crippen molar-refractivity contribution in [3.63, 3.8) is 0 Å². The van der Waals surface area contributed by atoms with Crippen LogP contribution < -0.4 is 0 Å². The fraction of sp³-hybridized carbons (Fsp3) is 0.0286. The average molecular weight is 490 g/mol. The number of aromatic nitrogens is 1. The van der Waals surface area contributed by atoms with E-state index in [1.54, 1.807) is 0 Å². The first kappa shape index (κ1) is 20.8. The van der Waals surface area contributed by atoms with Crippen LogP contribution in [0, 0.1) is 6.92 Å². The molecule has 0 radical (unpaired) electrons. The molecule has 0 amide bonds. The molecule has 2 heteroatoms. The molecule has 174 valence electrons. The van der Waals surface area contributed by atoms with Gasteiger partial charge >= 0.3 is 0 Å². The van der Waals surface area contributed by atoms with Gasteiger partial charge in [-0.05, 0) is 77.4 Å². The predicted octanol–water partition coefficient (Wildman–Crippen LogP) is 10.3. The number of para-hydroxylation sites is 1. The molecule has 0 fully saturated rings. The summed E-state index contributed by atoms with van der Waals surface area (Å²) < 4.78 is 5.09. The van der Waals surface area contributed by atoms with E-state index in [1.165, 1.54) is 75.1 Å². The van der Waals surface area contributed by atoms with E-state index in [1.807, 2.05) is 11.3 Å². The zero-order valence-electron chi connectivity index (χ0n) is 20.4. The summed E-state index contributed by atoms with van der Waals surface area (Å²) in [5.41, 5.74) is 7.47. The Morgan fingerprint density at radius 3 is 2.08 bits per heavy atom. The molecule has 0 bridgehead atoms. The van der Waals surface area contributed by atoms with Crippen LogP contribution in [-0.2, 0) is 0 Å². The molecule has 0 saturated carbocycles. The monoisotopic (exact) mass is 489 g/mol. The molecule has 0 aliphatic heterocycles. The summed E-state index contributed by atoms with van der Waals surface area (Å²) in [6, 6.07) is 44.8. The van der Waals surface area contributed by atoms with Crippen LogP contribution in [0.5, 0.6) is 0 Å². The van der Waals surface area contributed by atoms with Crippen LogP contribution in [0.25, 0.3) is 69.6 Å².